The van der Waals surface area contributed by atoms with Crippen LogP contribution in [-0.2, 0) is 5.41 Å². The van der Waals surface area contributed by atoms with Crippen molar-refractivity contribution in [3.8, 4) is 28.3 Å². The fourth-order valence-electron chi connectivity index (χ4n) is 8.12. The summed E-state index contributed by atoms with van der Waals surface area (Å²) < 4.78 is 6.26. The van der Waals surface area contributed by atoms with Gasteiger partial charge in [-0.15, -0.1) is 0 Å². The summed E-state index contributed by atoms with van der Waals surface area (Å²) in [4.78, 5) is 6.55. The topological polar surface area (TPSA) is 53.1 Å². The van der Waals surface area contributed by atoms with E-state index in [2.05, 4.69) is 121 Å². The zero-order valence-electron chi connectivity index (χ0n) is 28.2. The third kappa shape index (κ3) is 4.49. The van der Waals surface area contributed by atoms with Gasteiger partial charge in [0.05, 0.1) is 23.5 Å². The number of benzene rings is 7. The van der Waals surface area contributed by atoms with E-state index >= 15 is 0 Å². The second-order valence-electron chi connectivity index (χ2n) is 14.0. The van der Waals surface area contributed by atoms with Crippen molar-refractivity contribution in [2.75, 3.05) is 4.90 Å². The summed E-state index contributed by atoms with van der Waals surface area (Å²) in [6, 6.07) is 51.5. The fourth-order valence-corrected chi connectivity index (χ4v) is 8.12. The van der Waals surface area contributed by atoms with Crippen molar-refractivity contribution in [3.63, 3.8) is 0 Å². The zero-order valence-corrected chi connectivity index (χ0v) is 28.2. The molecule has 0 fully saturated rings. The molecule has 0 unspecified atom stereocenters. The predicted octanol–water partition coefficient (Wildman–Crippen LogP) is 12.6. The predicted molar refractivity (Wildman–Crippen MR) is 209 cm³/mol. The number of furan rings is 1. The summed E-state index contributed by atoms with van der Waals surface area (Å²) in [6.07, 6.45) is 3.64. The first kappa shape index (κ1) is 29.2. The summed E-state index contributed by atoms with van der Waals surface area (Å²) in [7, 11) is 0. The quantitative estimate of drug-likeness (QED) is 0.173. The Morgan fingerprint density at radius 1 is 0.569 bits per heavy atom. The van der Waals surface area contributed by atoms with Crippen LogP contribution in [0.3, 0.4) is 0 Å². The maximum Gasteiger partial charge on any atom is 0.136 e. The molecular formula is C47H31N3O. The molecule has 0 bridgehead atoms. The molecule has 0 aliphatic heterocycles. The molecule has 9 aromatic rings. The summed E-state index contributed by atoms with van der Waals surface area (Å²) in [5.74, 6) is 0. The lowest BCUT2D eigenvalue weighted by molar-refractivity contribution is 0.663. The first-order chi connectivity index (χ1) is 25.0. The van der Waals surface area contributed by atoms with Gasteiger partial charge >= 0.3 is 0 Å². The highest BCUT2D eigenvalue weighted by atomic mass is 16.3. The van der Waals surface area contributed by atoms with E-state index in [1.165, 1.54) is 43.8 Å². The first-order valence-electron chi connectivity index (χ1n) is 17.2. The molecule has 0 radical (unpaired) electrons. The monoisotopic (exact) mass is 653 g/mol. The van der Waals surface area contributed by atoms with Crippen LogP contribution in [0.2, 0.25) is 0 Å². The van der Waals surface area contributed by atoms with E-state index in [-0.39, 0.29) is 5.41 Å². The van der Waals surface area contributed by atoms with E-state index in [4.69, 9.17) is 4.42 Å². The summed E-state index contributed by atoms with van der Waals surface area (Å²) in [6.45, 7) is 4.72. The van der Waals surface area contributed by atoms with E-state index in [0.717, 1.165) is 50.1 Å². The molecule has 4 heteroatoms. The number of aromatic nitrogens is 1. The molecule has 10 rings (SSSR count). The number of pyridine rings is 1. The second kappa shape index (κ2) is 10.9. The number of nitrogens with zero attached hydrogens (tertiary/aromatic N) is 3. The number of hydrogen-bond acceptors (Lipinski definition) is 4. The Balaban J connectivity index is 1.04. The minimum Gasteiger partial charge on any atom is -0.456 e. The Morgan fingerprint density at radius 2 is 1.20 bits per heavy atom. The van der Waals surface area contributed by atoms with Gasteiger partial charge < -0.3 is 9.32 Å². The molecule has 0 saturated heterocycles. The van der Waals surface area contributed by atoms with Gasteiger partial charge in [0.25, 0.3) is 0 Å². The van der Waals surface area contributed by atoms with Crippen molar-refractivity contribution in [1.29, 1.82) is 5.26 Å². The Kier molecular flexibility index (Phi) is 6.25. The molecular weight excluding hydrogens is 623 g/mol. The van der Waals surface area contributed by atoms with E-state index in [1.54, 1.807) is 6.20 Å². The lowest BCUT2D eigenvalue weighted by atomic mass is 9.80. The Labute approximate surface area is 295 Å². The van der Waals surface area contributed by atoms with Crippen molar-refractivity contribution in [3.05, 3.63) is 169 Å². The highest BCUT2D eigenvalue weighted by molar-refractivity contribution is 6.17. The summed E-state index contributed by atoms with van der Waals surface area (Å²) >= 11 is 0. The van der Waals surface area contributed by atoms with E-state index in [9.17, 15) is 5.26 Å². The number of nitriles is 1. The minimum atomic E-state index is -0.178. The minimum absolute atomic E-state index is 0.178. The third-order valence-electron chi connectivity index (χ3n) is 10.7. The van der Waals surface area contributed by atoms with Gasteiger partial charge in [0.2, 0.25) is 0 Å². The molecule has 0 atom stereocenters. The molecule has 51 heavy (non-hydrogen) atoms. The van der Waals surface area contributed by atoms with Crippen LogP contribution in [0.25, 0.3) is 65.7 Å². The molecule has 0 spiro atoms. The van der Waals surface area contributed by atoms with Gasteiger partial charge in [-0.1, -0.05) is 62.4 Å². The number of anilines is 3. The highest BCUT2D eigenvalue weighted by Gasteiger charge is 2.35. The van der Waals surface area contributed by atoms with Gasteiger partial charge in [-0.25, -0.2) is 0 Å². The summed E-state index contributed by atoms with van der Waals surface area (Å²) in [5.41, 5.74) is 12.7. The molecule has 240 valence electrons. The first-order valence-corrected chi connectivity index (χ1v) is 17.2. The van der Waals surface area contributed by atoms with E-state index in [0.29, 0.717) is 5.56 Å². The molecule has 0 amide bonds. The SMILES string of the molecule is CC1(C)c2cc(-c3ccc(N(c4ccc(C#N)cc4)c4cccnc4)cc3)cc3ccc4cc(-c5ccc6c(c5)oc5ccccc56)cc1c4c23. The second-order valence-corrected chi connectivity index (χ2v) is 14.0. The lowest BCUT2D eigenvalue weighted by Crippen LogP contribution is -2.15. The van der Waals surface area contributed by atoms with Gasteiger partial charge in [-0.05, 0) is 146 Å². The lowest BCUT2D eigenvalue weighted by Gasteiger charge is -2.25. The average molecular weight is 654 g/mol. The smallest absolute Gasteiger partial charge is 0.136 e. The maximum absolute atomic E-state index is 9.35. The van der Waals surface area contributed by atoms with Crippen LogP contribution in [0.4, 0.5) is 17.1 Å². The van der Waals surface area contributed by atoms with Crippen LogP contribution in [0.1, 0.15) is 30.5 Å². The van der Waals surface area contributed by atoms with Crippen molar-refractivity contribution in [2.24, 2.45) is 0 Å². The Bertz CT molecular complexity index is 2880. The number of para-hydroxylation sites is 1. The largest absolute Gasteiger partial charge is 0.456 e. The van der Waals surface area contributed by atoms with E-state index in [1.807, 2.05) is 54.7 Å². The number of hydrogen-bond donors (Lipinski definition) is 0. The molecule has 4 nitrogen and oxygen atoms in total. The van der Waals surface area contributed by atoms with Crippen LogP contribution in [-0.4, -0.2) is 4.98 Å². The van der Waals surface area contributed by atoms with Crippen LogP contribution in [0, 0.1) is 11.3 Å². The Morgan fingerprint density at radius 3 is 1.86 bits per heavy atom. The molecule has 7 aromatic carbocycles. The molecule has 2 aromatic heterocycles. The van der Waals surface area contributed by atoms with Gasteiger partial charge in [0, 0.05) is 33.8 Å². The normalized spacial score (nSPS) is 13.0. The van der Waals surface area contributed by atoms with Gasteiger partial charge in [0.1, 0.15) is 11.2 Å². The van der Waals surface area contributed by atoms with Gasteiger partial charge in [-0.2, -0.15) is 5.26 Å². The van der Waals surface area contributed by atoms with Gasteiger partial charge in [0.15, 0.2) is 0 Å². The highest BCUT2D eigenvalue weighted by Crippen LogP contribution is 2.51. The average Bonchev–Trinajstić information content (AvgIpc) is 3.66. The molecule has 2 heterocycles. The van der Waals surface area contributed by atoms with Crippen molar-refractivity contribution in [1.82, 2.24) is 4.98 Å². The fraction of sp³-hybridized carbons (Fsp3) is 0.0638. The van der Waals surface area contributed by atoms with Crippen LogP contribution >= 0.6 is 0 Å². The van der Waals surface area contributed by atoms with Crippen LogP contribution in [0.5, 0.6) is 0 Å². The van der Waals surface area contributed by atoms with Crippen molar-refractivity contribution < 1.29 is 4.42 Å². The van der Waals surface area contributed by atoms with Crippen molar-refractivity contribution >= 4 is 60.5 Å². The zero-order chi connectivity index (χ0) is 34.3. The van der Waals surface area contributed by atoms with Crippen LogP contribution < -0.4 is 4.90 Å². The summed E-state index contributed by atoms with van der Waals surface area (Å²) in [5, 5.41) is 16.9. The van der Waals surface area contributed by atoms with E-state index < -0.39 is 0 Å². The van der Waals surface area contributed by atoms with Crippen molar-refractivity contribution in [2.45, 2.75) is 19.3 Å². The van der Waals surface area contributed by atoms with Crippen LogP contribution in [0.15, 0.2) is 156 Å². The third-order valence-corrected chi connectivity index (χ3v) is 10.7. The molecule has 1 aliphatic rings. The molecule has 1 aliphatic carbocycles. The Hall–Kier alpha value is -6.70. The number of rotatable bonds is 5. The van der Waals surface area contributed by atoms with Gasteiger partial charge in [-0.3, -0.25) is 4.98 Å². The maximum atomic E-state index is 9.35. The standard InChI is InChI=1S/C47H31N3O/c1-47(2)41-24-34(30-13-18-37(19-14-30)50(38-6-5-21-49-28-38)36-16-9-29(27-48)10-17-36)22-32-11-12-33-23-35(25-42(47)46(33)45(32)41)31-15-20-40-39-7-3-4-8-43(39)51-44(40)26-31/h3-26,28H,1-2H3. The molecule has 0 N–H and O–H groups in total. The molecule has 0 saturated carbocycles. The number of fused-ring (bicyclic) bond motifs is 3.